The first-order valence-corrected chi connectivity index (χ1v) is 12.8. The molecule has 3 aromatic carbocycles. The summed E-state index contributed by atoms with van der Waals surface area (Å²) in [5.41, 5.74) is 0.961. The molecule has 0 radical (unpaired) electrons. The van der Waals surface area contributed by atoms with Gasteiger partial charge in [0.05, 0.1) is 6.42 Å². The van der Waals surface area contributed by atoms with Gasteiger partial charge in [0.1, 0.15) is 77.0 Å². The van der Waals surface area contributed by atoms with E-state index in [0.29, 0.717) is 11.1 Å². The normalized spacial score (nSPS) is 27.2. The van der Waals surface area contributed by atoms with Crippen LogP contribution in [0.1, 0.15) is 44.4 Å². The number of phenolic OH excluding ortho intramolecular Hbond substituents is 3. The van der Waals surface area contributed by atoms with Gasteiger partial charge in [-0.1, -0.05) is 12.1 Å². The number of rotatable bonds is 0. The second-order valence-electron chi connectivity index (χ2n) is 10.2. The Labute approximate surface area is 232 Å². The van der Waals surface area contributed by atoms with Crippen LogP contribution in [0.15, 0.2) is 42.5 Å². The Morgan fingerprint density at radius 3 is 2.32 bits per heavy atom. The summed E-state index contributed by atoms with van der Waals surface area (Å²) < 4.78 is 22.8. The lowest BCUT2D eigenvalue weighted by Crippen LogP contribution is -2.60. The number of aliphatic hydroxyl groups excluding tert-OH is 3. The fourth-order valence-electron chi connectivity index (χ4n) is 5.22. The van der Waals surface area contributed by atoms with E-state index in [4.69, 9.17) is 18.9 Å². The van der Waals surface area contributed by atoms with Crippen LogP contribution in [0.4, 0.5) is 0 Å². The maximum Gasteiger partial charge on any atom is 0.342 e. The lowest BCUT2D eigenvalue weighted by Gasteiger charge is -2.40. The summed E-state index contributed by atoms with van der Waals surface area (Å²) in [6.07, 6.45) is -9.09. The zero-order valence-electron chi connectivity index (χ0n) is 21.6. The van der Waals surface area contributed by atoms with Gasteiger partial charge in [-0.3, -0.25) is 4.79 Å². The molecule has 12 nitrogen and oxygen atoms in total. The van der Waals surface area contributed by atoms with Gasteiger partial charge in [0.2, 0.25) is 6.29 Å². The predicted molar refractivity (Wildman–Crippen MR) is 138 cm³/mol. The van der Waals surface area contributed by atoms with E-state index in [9.17, 15) is 40.2 Å². The number of carbonyl (C=O) groups is 2. The van der Waals surface area contributed by atoms with Gasteiger partial charge in [0.25, 0.3) is 0 Å². The molecule has 0 unspecified atom stereocenters. The van der Waals surface area contributed by atoms with Crippen molar-refractivity contribution in [1.82, 2.24) is 0 Å². The van der Waals surface area contributed by atoms with Gasteiger partial charge in [-0.15, -0.1) is 0 Å². The third-order valence-corrected chi connectivity index (χ3v) is 7.60. The third kappa shape index (κ3) is 4.50. The predicted octanol–water partition coefficient (Wildman–Crippen LogP) is 1.84. The van der Waals surface area contributed by atoms with Crippen molar-refractivity contribution in [3.63, 3.8) is 0 Å². The Morgan fingerprint density at radius 2 is 1.54 bits per heavy atom. The number of aliphatic hydroxyl groups is 3. The van der Waals surface area contributed by atoms with E-state index in [1.54, 1.807) is 12.1 Å². The van der Waals surface area contributed by atoms with Crippen molar-refractivity contribution < 1.29 is 59.2 Å². The molecule has 3 aliphatic heterocycles. The van der Waals surface area contributed by atoms with Crippen LogP contribution in [-0.2, 0) is 9.47 Å². The summed E-state index contributed by atoms with van der Waals surface area (Å²) in [6.45, 7) is 0.879. The van der Waals surface area contributed by atoms with Gasteiger partial charge in [0, 0.05) is 17.2 Å². The monoisotopic (exact) mass is 566 g/mol. The summed E-state index contributed by atoms with van der Waals surface area (Å²) >= 11 is 0. The topological polar surface area (TPSA) is 192 Å². The van der Waals surface area contributed by atoms with Crippen molar-refractivity contribution in [2.75, 3.05) is 6.61 Å². The van der Waals surface area contributed by atoms with E-state index in [1.807, 2.05) is 0 Å². The highest BCUT2D eigenvalue weighted by molar-refractivity contribution is 6.03. The molecule has 3 aromatic rings. The minimum Gasteiger partial charge on any atom is -0.507 e. The molecule has 6 atom stereocenters. The molecule has 214 valence electrons. The van der Waals surface area contributed by atoms with Gasteiger partial charge in [0.15, 0.2) is 5.78 Å². The molecule has 3 aliphatic rings. The number of Topliss-reactive ketones (excluding diaryl/α,β-unsaturated/α-hetero) is 1. The van der Waals surface area contributed by atoms with Crippen LogP contribution in [0.3, 0.4) is 0 Å². The lowest BCUT2D eigenvalue weighted by atomic mass is 9.92. The van der Waals surface area contributed by atoms with Gasteiger partial charge in [-0.05, 0) is 42.3 Å². The average molecular weight is 567 g/mol. The van der Waals surface area contributed by atoms with E-state index in [2.05, 4.69) is 0 Å². The number of ketones is 1. The molecule has 9 bridgehead atoms. The van der Waals surface area contributed by atoms with Crippen molar-refractivity contribution in [1.29, 1.82) is 0 Å². The minimum atomic E-state index is -1.76. The molecule has 6 rings (SSSR count). The molecule has 41 heavy (non-hydrogen) atoms. The summed E-state index contributed by atoms with van der Waals surface area (Å²) in [6, 6.07) is 9.94. The highest BCUT2D eigenvalue weighted by atomic mass is 16.7. The van der Waals surface area contributed by atoms with E-state index in [-0.39, 0.29) is 45.9 Å². The number of phenols is 3. The fraction of sp³-hybridized carbons (Fsp3) is 0.310. The van der Waals surface area contributed by atoms with Crippen LogP contribution in [-0.4, -0.2) is 79.7 Å². The van der Waals surface area contributed by atoms with Crippen molar-refractivity contribution in [3.05, 3.63) is 64.7 Å². The highest BCUT2D eigenvalue weighted by Crippen LogP contribution is 2.46. The molecule has 3 heterocycles. The van der Waals surface area contributed by atoms with Crippen molar-refractivity contribution in [3.8, 4) is 39.9 Å². The van der Waals surface area contributed by atoms with Crippen LogP contribution in [0.25, 0.3) is 11.1 Å². The summed E-state index contributed by atoms with van der Waals surface area (Å²) in [5.74, 6) is -2.37. The number of hydrogen-bond donors (Lipinski definition) is 6. The van der Waals surface area contributed by atoms with Crippen LogP contribution in [0.2, 0.25) is 0 Å². The van der Waals surface area contributed by atoms with Crippen LogP contribution in [0.5, 0.6) is 28.7 Å². The van der Waals surface area contributed by atoms with E-state index >= 15 is 0 Å². The zero-order valence-corrected chi connectivity index (χ0v) is 21.6. The first kappa shape index (κ1) is 26.8. The number of benzene rings is 3. The molecule has 6 N–H and O–H groups in total. The highest BCUT2D eigenvalue weighted by Gasteiger charge is 2.46. The number of aromatic hydroxyl groups is 3. The molecule has 12 heteroatoms. The first-order valence-electron chi connectivity index (χ1n) is 12.8. The zero-order chi connectivity index (χ0) is 29.2. The standard InChI is InChI=1S/C29H26O12/c1-11-19-9-21-23(24(11)33)18(32)8-20(39-21)13-3-5-16(30)14(7-13)12-2-4-17(31)15(6-12)28(37)38-10-22-25(34)26(35)27(36)29(40-19)41-22/h2-7,9,20,22,25-27,29-31,33-36H,8,10H2,1H3/t20-,22-,25-,26+,27-,29-/m1/s1. The Morgan fingerprint density at radius 1 is 0.805 bits per heavy atom. The second-order valence-corrected chi connectivity index (χ2v) is 10.2. The van der Waals surface area contributed by atoms with Crippen LogP contribution >= 0.6 is 0 Å². The van der Waals surface area contributed by atoms with Crippen molar-refractivity contribution in [2.45, 2.75) is 50.2 Å². The van der Waals surface area contributed by atoms with E-state index in [0.717, 1.165) is 0 Å². The number of cyclic esters (lactones) is 1. The molecule has 0 saturated carbocycles. The fourth-order valence-corrected chi connectivity index (χ4v) is 5.22. The minimum absolute atomic E-state index is 0.00312. The summed E-state index contributed by atoms with van der Waals surface area (Å²) in [4.78, 5) is 26.1. The Kier molecular flexibility index (Phi) is 6.50. The molecule has 0 aliphatic carbocycles. The summed E-state index contributed by atoms with van der Waals surface area (Å²) in [7, 11) is 0. The largest absolute Gasteiger partial charge is 0.507 e. The Hall–Kier alpha value is -4.36. The van der Waals surface area contributed by atoms with Gasteiger partial charge < -0.3 is 49.6 Å². The SMILES string of the molecule is Cc1c2cc3c(c1O)C(=O)C[C@@H](O3)c1ccc(O)c(c1)-c1ccc(O)c(c1)C(=O)OC[C@H]1O[C@@H](O2)[C@H](O)[C@@H](O)[C@@H]1O. The molecule has 1 fully saturated rings. The number of hydrogen-bond acceptors (Lipinski definition) is 12. The van der Waals surface area contributed by atoms with E-state index in [1.165, 1.54) is 37.3 Å². The smallest absolute Gasteiger partial charge is 0.342 e. The quantitative estimate of drug-likeness (QED) is 0.217. The molecule has 1 saturated heterocycles. The molecular formula is C29H26O12. The van der Waals surface area contributed by atoms with Crippen molar-refractivity contribution >= 4 is 11.8 Å². The average Bonchev–Trinajstić information content (AvgIpc) is 2.95. The molecule has 0 amide bonds. The Bertz CT molecular complexity index is 1570. The molecule has 0 spiro atoms. The molecular weight excluding hydrogens is 540 g/mol. The lowest BCUT2D eigenvalue weighted by molar-refractivity contribution is -0.277. The van der Waals surface area contributed by atoms with Gasteiger partial charge in [-0.2, -0.15) is 0 Å². The third-order valence-electron chi connectivity index (χ3n) is 7.60. The van der Waals surface area contributed by atoms with Crippen LogP contribution in [0, 0.1) is 6.92 Å². The summed E-state index contributed by atoms with van der Waals surface area (Å²) in [5, 5.41) is 63.4. The number of fused-ring (bicyclic) bond motifs is 10. The number of esters is 1. The first-order chi connectivity index (χ1) is 19.5. The Balaban J connectivity index is 1.51. The van der Waals surface area contributed by atoms with Crippen LogP contribution < -0.4 is 9.47 Å². The maximum absolute atomic E-state index is 13.2. The second kappa shape index (κ2) is 9.93. The van der Waals surface area contributed by atoms with Gasteiger partial charge in [-0.25, -0.2) is 4.79 Å². The number of ether oxygens (including phenoxy) is 4. The maximum atomic E-state index is 13.2. The number of carbonyl (C=O) groups excluding carboxylic acids is 2. The van der Waals surface area contributed by atoms with E-state index < -0.39 is 66.7 Å². The van der Waals surface area contributed by atoms with Gasteiger partial charge >= 0.3 is 5.97 Å². The van der Waals surface area contributed by atoms with Crippen molar-refractivity contribution in [2.24, 2.45) is 0 Å². The molecule has 0 aromatic heterocycles.